The van der Waals surface area contributed by atoms with E-state index in [1.54, 1.807) is 0 Å². The summed E-state index contributed by atoms with van der Waals surface area (Å²) in [6.45, 7) is 4.24. The molecular weight excluding hydrogens is 278 g/mol. The average Bonchev–Trinajstić information content (AvgIpc) is 2.53. The van der Waals surface area contributed by atoms with Crippen LogP contribution in [0.4, 0.5) is 0 Å². The number of benzene rings is 2. The lowest BCUT2D eigenvalue weighted by atomic mass is 9.89. The van der Waals surface area contributed by atoms with Gasteiger partial charge in [-0.3, -0.25) is 4.79 Å². The Morgan fingerprint density at radius 3 is 2.24 bits per heavy atom. The second-order valence-corrected chi connectivity index (χ2v) is 6.66. The molecule has 2 aromatic rings. The van der Waals surface area contributed by atoms with Gasteiger partial charge in [-0.2, -0.15) is 0 Å². The van der Waals surface area contributed by atoms with Crippen LogP contribution in [0.5, 0.6) is 0 Å². The number of fused-ring (bicyclic) bond motifs is 1. The third-order valence-corrected chi connectivity index (χ3v) is 5.68. The van der Waals surface area contributed by atoms with Crippen molar-refractivity contribution in [1.82, 2.24) is 4.90 Å². The summed E-state index contributed by atoms with van der Waals surface area (Å²) in [5, 5.41) is 0.269. The molecule has 0 N–H and O–H groups in total. The van der Waals surface area contributed by atoms with Crippen molar-refractivity contribution >= 4 is 18.2 Å². The molecule has 3 atom stereocenters. The summed E-state index contributed by atoms with van der Waals surface area (Å²) in [5.41, 5.74) is 2.61. The van der Waals surface area contributed by atoms with Gasteiger partial charge in [0, 0.05) is 10.9 Å². The Labute approximate surface area is 130 Å². The number of hydrogen-bond acceptors (Lipinski definition) is 2. The quantitative estimate of drug-likeness (QED) is 0.781. The zero-order valence-electron chi connectivity index (χ0n) is 12.3. The highest BCUT2D eigenvalue weighted by Crippen LogP contribution is 2.47. The summed E-state index contributed by atoms with van der Waals surface area (Å²) in [7, 11) is 0. The standard InChI is InChI=1S/C18H19NOS/c1-13-16-10-6-7-11-17(16)18(14(2)19(13)12-20)21-15-8-4-3-5-9-15/h3-14,18H,1-2H3/t13-,14+,18?/m0/s1. The van der Waals surface area contributed by atoms with Crippen molar-refractivity contribution in [3.63, 3.8) is 0 Å². The van der Waals surface area contributed by atoms with Crippen LogP contribution >= 0.6 is 11.8 Å². The fourth-order valence-electron chi connectivity index (χ4n) is 3.07. The van der Waals surface area contributed by atoms with Crippen molar-refractivity contribution in [3.8, 4) is 0 Å². The van der Waals surface area contributed by atoms with E-state index in [1.165, 1.54) is 16.0 Å². The normalized spacial score (nSPS) is 24.5. The van der Waals surface area contributed by atoms with Gasteiger partial charge in [-0.25, -0.2) is 0 Å². The van der Waals surface area contributed by atoms with E-state index in [1.807, 2.05) is 22.7 Å². The molecule has 1 heterocycles. The largest absolute Gasteiger partial charge is 0.334 e. The van der Waals surface area contributed by atoms with Gasteiger partial charge < -0.3 is 4.90 Å². The van der Waals surface area contributed by atoms with Crippen LogP contribution in [-0.4, -0.2) is 17.4 Å². The van der Waals surface area contributed by atoms with E-state index in [-0.39, 0.29) is 17.3 Å². The van der Waals surface area contributed by atoms with Crippen molar-refractivity contribution in [2.24, 2.45) is 0 Å². The Bertz CT molecular complexity index is 628. The van der Waals surface area contributed by atoms with Crippen LogP contribution in [0.1, 0.15) is 36.3 Å². The van der Waals surface area contributed by atoms with Gasteiger partial charge in [0.15, 0.2) is 0 Å². The van der Waals surface area contributed by atoms with E-state index in [9.17, 15) is 4.79 Å². The maximum Gasteiger partial charge on any atom is 0.210 e. The molecule has 1 amide bonds. The van der Waals surface area contributed by atoms with E-state index in [0.29, 0.717) is 0 Å². The van der Waals surface area contributed by atoms with Gasteiger partial charge >= 0.3 is 0 Å². The fourth-order valence-corrected chi connectivity index (χ4v) is 4.36. The van der Waals surface area contributed by atoms with E-state index in [4.69, 9.17) is 0 Å². The van der Waals surface area contributed by atoms with Gasteiger partial charge in [0.25, 0.3) is 0 Å². The lowest BCUT2D eigenvalue weighted by Gasteiger charge is -2.42. The van der Waals surface area contributed by atoms with Crippen molar-refractivity contribution in [3.05, 3.63) is 65.7 Å². The predicted octanol–water partition coefficient (Wildman–Crippen LogP) is 4.44. The fraction of sp³-hybridized carbons (Fsp3) is 0.278. The van der Waals surface area contributed by atoms with Crippen molar-refractivity contribution in [1.29, 1.82) is 0 Å². The van der Waals surface area contributed by atoms with Crippen LogP contribution < -0.4 is 0 Å². The molecule has 1 unspecified atom stereocenters. The molecule has 21 heavy (non-hydrogen) atoms. The zero-order valence-corrected chi connectivity index (χ0v) is 13.1. The molecule has 0 radical (unpaired) electrons. The van der Waals surface area contributed by atoms with Gasteiger partial charge in [0.05, 0.1) is 11.3 Å². The first-order chi connectivity index (χ1) is 10.2. The number of carbonyl (C=O) groups excluding carboxylic acids is 1. The summed E-state index contributed by atoms with van der Waals surface area (Å²) >= 11 is 1.84. The molecule has 0 aromatic heterocycles. The molecule has 0 bridgehead atoms. The lowest BCUT2D eigenvalue weighted by Crippen LogP contribution is -2.41. The summed E-state index contributed by atoms with van der Waals surface area (Å²) < 4.78 is 0. The summed E-state index contributed by atoms with van der Waals surface area (Å²) in [5.74, 6) is 0. The molecule has 0 saturated heterocycles. The molecule has 0 saturated carbocycles. The summed E-state index contributed by atoms with van der Waals surface area (Å²) in [6, 6.07) is 19.2. The average molecular weight is 297 g/mol. The first kappa shape index (κ1) is 14.2. The van der Waals surface area contributed by atoms with E-state index >= 15 is 0 Å². The van der Waals surface area contributed by atoms with Gasteiger partial charge in [-0.15, -0.1) is 11.8 Å². The molecule has 0 spiro atoms. The van der Waals surface area contributed by atoms with Gasteiger partial charge in [0.2, 0.25) is 6.41 Å². The highest BCUT2D eigenvalue weighted by atomic mass is 32.2. The third-order valence-electron chi connectivity index (χ3n) is 4.24. The smallest absolute Gasteiger partial charge is 0.210 e. The van der Waals surface area contributed by atoms with Crippen LogP contribution in [0.15, 0.2) is 59.5 Å². The summed E-state index contributed by atoms with van der Waals surface area (Å²) in [6.07, 6.45) is 0.990. The van der Waals surface area contributed by atoms with E-state index < -0.39 is 0 Å². The minimum atomic E-state index is 0.140. The van der Waals surface area contributed by atoms with Crippen molar-refractivity contribution in [2.75, 3.05) is 0 Å². The molecule has 0 aliphatic carbocycles. The Hall–Kier alpha value is -1.74. The maximum atomic E-state index is 11.5. The third kappa shape index (κ3) is 2.58. The molecule has 3 heteroatoms. The molecular formula is C18H19NOS. The van der Waals surface area contributed by atoms with Crippen molar-refractivity contribution < 1.29 is 4.79 Å². The Morgan fingerprint density at radius 2 is 1.57 bits per heavy atom. The van der Waals surface area contributed by atoms with Crippen LogP contribution in [0.2, 0.25) is 0 Å². The minimum absolute atomic E-state index is 0.140. The summed E-state index contributed by atoms with van der Waals surface area (Å²) in [4.78, 5) is 14.7. The maximum absolute atomic E-state index is 11.5. The first-order valence-electron chi connectivity index (χ1n) is 7.25. The zero-order chi connectivity index (χ0) is 14.8. The molecule has 3 rings (SSSR count). The Balaban J connectivity index is 2.01. The number of rotatable bonds is 3. The van der Waals surface area contributed by atoms with E-state index in [0.717, 1.165) is 6.41 Å². The monoisotopic (exact) mass is 297 g/mol. The molecule has 0 fully saturated rings. The van der Waals surface area contributed by atoms with E-state index in [2.05, 4.69) is 62.4 Å². The SMILES string of the molecule is C[C@@H]1C(Sc2ccccc2)c2ccccc2[C@H](C)N1C=O. The topological polar surface area (TPSA) is 20.3 Å². The molecule has 1 aliphatic heterocycles. The number of carbonyl (C=O) groups is 1. The minimum Gasteiger partial charge on any atom is -0.334 e. The van der Waals surface area contributed by atoms with Gasteiger partial charge in [0.1, 0.15) is 0 Å². The lowest BCUT2D eigenvalue weighted by molar-refractivity contribution is -0.122. The number of hydrogen-bond donors (Lipinski definition) is 0. The second kappa shape index (κ2) is 5.94. The van der Waals surface area contributed by atoms with Crippen LogP contribution in [0, 0.1) is 0 Å². The second-order valence-electron chi connectivity index (χ2n) is 5.45. The Kier molecular flexibility index (Phi) is 4.02. The Morgan fingerprint density at radius 1 is 0.952 bits per heavy atom. The highest BCUT2D eigenvalue weighted by molar-refractivity contribution is 7.99. The van der Waals surface area contributed by atoms with Gasteiger partial charge in [-0.05, 0) is 37.1 Å². The molecule has 2 nitrogen and oxygen atoms in total. The molecule has 108 valence electrons. The van der Waals surface area contributed by atoms with Crippen molar-refractivity contribution in [2.45, 2.75) is 36.1 Å². The molecule has 2 aromatic carbocycles. The first-order valence-corrected chi connectivity index (χ1v) is 8.13. The van der Waals surface area contributed by atoms with Crippen LogP contribution in [0.25, 0.3) is 0 Å². The number of thioether (sulfide) groups is 1. The molecule has 1 aliphatic rings. The van der Waals surface area contributed by atoms with Crippen LogP contribution in [-0.2, 0) is 4.79 Å². The number of amides is 1. The van der Waals surface area contributed by atoms with Crippen LogP contribution in [0.3, 0.4) is 0 Å². The van der Waals surface area contributed by atoms with Gasteiger partial charge in [-0.1, -0.05) is 42.5 Å². The highest BCUT2D eigenvalue weighted by Gasteiger charge is 2.36. The predicted molar refractivity (Wildman–Crippen MR) is 87.3 cm³/mol. The number of nitrogens with zero attached hydrogens (tertiary/aromatic N) is 1.